The van der Waals surface area contributed by atoms with E-state index >= 15 is 0 Å². The maximum Gasteiger partial charge on any atom is 0.227 e. The molecule has 0 spiro atoms. The molecule has 0 N–H and O–H groups in total. The van der Waals surface area contributed by atoms with E-state index in [2.05, 4.69) is 12.1 Å². The highest BCUT2D eigenvalue weighted by Gasteiger charge is 2.43. The third kappa shape index (κ3) is 1.63. The van der Waals surface area contributed by atoms with Crippen LogP contribution in [0.1, 0.15) is 24.5 Å². The summed E-state index contributed by atoms with van der Waals surface area (Å²) in [7, 11) is 0. The molecule has 2 atom stereocenters. The van der Waals surface area contributed by atoms with Crippen LogP contribution in [0, 0.1) is 0 Å². The first-order chi connectivity index (χ1) is 9.84. The van der Waals surface area contributed by atoms with Crippen LogP contribution >= 0.6 is 0 Å². The SMILES string of the molecule is O=C1CC[C@H]2[C@H](c3ccccc3)Oc3ccccc3N12. The largest absolute Gasteiger partial charge is 0.481 e. The summed E-state index contributed by atoms with van der Waals surface area (Å²) in [6, 6.07) is 18.1. The lowest BCUT2D eigenvalue weighted by molar-refractivity contribution is -0.117. The molecule has 1 amide bonds. The van der Waals surface area contributed by atoms with Crippen LogP contribution in [-0.4, -0.2) is 11.9 Å². The van der Waals surface area contributed by atoms with E-state index < -0.39 is 0 Å². The Morgan fingerprint density at radius 3 is 2.60 bits per heavy atom. The zero-order valence-electron chi connectivity index (χ0n) is 11.0. The Kier molecular flexibility index (Phi) is 2.52. The number of nitrogens with zero attached hydrogens (tertiary/aromatic N) is 1. The minimum absolute atomic E-state index is 0.0717. The lowest BCUT2D eigenvalue weighted by Gasteiger charge is -2.38. The third-order valence-electron chi connectivity index (χ3n) is 4.11. The fourth-order valence-electron chi connectivity index (χ4n) is 3.21. The average Bonchev–Trinajstić information content (AvgIpc) is 2.90. The highest BCUT2D eigenvalue weighted by molar-refractivity contribution is 5.98. The van der Waals surface area contributed by atoms with E-state index in [0.29, 0.717) is 6.42 Å². The molecule has 0 bridgehead atoms. The molecule has 0 unspecified atom stereocenters. The van der Waals surface area contributed by atoms with Crippen LogP contribution in [0.15, 0.2) is 54.6 Å². The van der Waals surface area contributed by atoms with E-state index in [9.17, 15) is 4.79 Å². The van der Waals surface area contributed by atoms with Gasteiger partial charge in [0.1, 0.15) is 11.9 Å². The number of carbonyl (C=O) groups excluding carboxylic acids is 1. The summed E-state index contributed by atoms with van der Waals surface area (Å²) >= 11 is 0. The summed E-state index contributed by atoms with van der Waals surface area (Å²) in [5, 5.41) is 0. The van der Waals surface area contributed by atoms with Gasteiger partial charge < -0.3 is 9.64 Å². The Labute approximate surface area is 117 Å². The fraction of sp³-hybridized carbons (Fsp3) is 0.235. The van der Waals surface area contributed by atoms with Gasteiger partial charge in [-0.25, -0.2) is 0 Å². The van der Waals surface area contributed by atoms with Crippen molar-refractivity contribution >= 4 is 11.6 Å². The van der Waals surface area contributed by atoms with Crippen LogP contribution in [0.25, 0.3) is 0 Å². The van der Waals surface area contributed by atoms with Crippen molar-refractivity contribution in [3.63, 3.8) is 0 Å². The summed E-state index contributed by atoms with van der Waals surface area (Å²) in [6.07, 6.45) is 1.39. The summed E-state index contributed by atoms with van der Waals surface area (Å²) < 4.78 is 6.19. The van der Waals surface area contributed by atoms with E-state index in [-0.39, 0.29) is 18.1 Å². The number of hydrogen-bond acceptors (Lipinski definition) is 2. The Morgan fingerprint density at radius 2 is 1.75 bits per heavy atom. The van der Waals surface area contributed by atoms with Crippen LogP contribution in [0.3, 0.4) is 0 Å². The number of fused-ring (bicyclic) bond motifs is 3. The molecule has 2 heterocycles. The summed E-state index contributed by atoms with van der Waals surface area (Å²) in [4.78, 5) is 14.1. The number of amides is 1. The van der Waals surface area contributed by atoms with Crippen molar-refractivity contribution in [3.05, 3.63) is 60.2 Å². The zero-order chi connectivity index (χ0) is 13.5. The van der Waals surface area contributed by atoms with Gasteiger partial charge in [-0.3, -0.25) is 4.79 Å². The van der Waals surface area contributed by atoms with Gasteiger partial charge in [0.05, 0.1) is 11.7 Å². The highest BCUT2D eigenvalue weighted by Crippen LogP contribution is 2.45. The zero-order valence-corrected chi connectivity index (χ0v) is 11.0. The summed E-state index contributed by atoms with van der Waals surface area (Å²) in [6.45, 7) is 0. The molecule has 2 aliphatic heterocycles. The minimum Gasteiger partial charge on any atom is -0.481 e. The van der Waals surface area contributed by atoms with Gasteiger partial charge in [0, 0.05) is 6.42 Å². The van der Waals surface area contributed by atoms with E-state index in [1.807, 2.05) is 47.4 Å². The van der Waals surface area contributed by atoms with Crippen molar-refractivity contribution in [2.75, 3.05) is 4.90 Å². The van der Waals surface area contributed by atoms with Crippen LogP contribution in [-0.2, 0) is 4.79 Å². The molecule has 4 rings (SSSR count). The standard InChI is InChI=1S/C17H15NO2/c19-16-11-10-14-17(12-6-2-1-3-7-12)20-15-9-5-4-8-13(15)18(14)16/h1-9,14,17H,10-11H2/t14-,17-/m0/s1. The number of hydrogen-bond donors (Lipinski definition) is 0. The molecule has 0 aliphatic carbocycles. The maximum atomic E-state index is 12.2. The van der Waals surface area contributed by atoms with Crippen LogP contribution in [0.4, 0.5) is 5.69 Å². The van der Waals surface area contributed by atoms with Crippen molar-refractivity contribution < 1.29 is 9.53 Å². The van der Waals surface area contributed by atoms with Crippen molar-refractivity contribution in [3.8, 4) is 5.75 Å². The van der Waals surface area contributed by atoms with E-state index in [0.717, 1.165) is 23.4 Å². The van der Waals surface area contributed by atoms with Gasteiger partial charge in [-0.15, -0.1) is 0 Å². The number of para-hydroxylation sites is 2. The van der Waals surface area contributed by atoms with Gasteiger partial charge in [-0.05, 0) is 24.1 Å². The van der Waals surface area contributed by atoms with Gasteiger partial charge in [0.15, 0.2) is 0 Å². The normalized spacial score (nSPS) is 24.0. The van der Waals surface area contributed by atoms with Crippen molar-refractivity contribution in [2.45, 2.75) is 25.0 Å². The molecule has 3 heteroatoms. The second kappa shape index (κ2) is 4.37. The Balaban J connectivity index is 1.83. The van der Waals surface area contributed by atoms with E-state index in [1.54, 1.807) is 0 Å². The first-order valence-corrected chi connectivity index (χ1v) is 6.97. The quantitative estimate of drug-likeness (QED) is 0.791. The average molecular weight is 265 g/mol. The molecule has 1 fully saturated rings. The van der Waals surface area contributed by atoms with Crippen LogP contribution < -0.4 is 9.64 Å². The Hall–Kier alpha value is -2.29. The summed E-state index contributed by atoms with van der Waals surface area (Å²) in [5.41, 5.74) is 2.04. The second-order valence-electron chi connectivity index (χ2n) is 5.29. The molecular formula is C17H15NO2. The predicted octanol–water partition coefficient (Wildman–Crippen LogP) is 3.32. The number of carbonyl (C=O) groups is 1. The second-order valence-corrected chi connectivity index (χ2v) is 5.29. The first-order valence-electron chi connectivity index (χ1n) is 6.97. The molecule has 2 aromatic rings. The van der Waals surface area contributed by atoms with Gasteiger partial charge in [0.25, 0.3) is 0 Å². The molecule has 0 radical (unpaired) electrons. The summed E-state index contributed by atoms with van der Waals surface area (Å²) in [5.74, 6) is 1.000. The molecular weight excluding hydrogens is 250 g/mol. The molecule has 0 aromatic heterocycles. The van der Waals surface area contributed by atoms with Gasteiger partial charge in [0.2, 0.25) is 5.91 Å². The molecule has 1 saturated heterocycles. The van der Waals surface area contributed by atoms with Crippen LogP contribution in [0.2, 0.25) is 0 Å². The highest BCUT2D eigenvalue weighted by atomic mass is 16.5. The van der Waals surface area contributed by atoms with Crippen molar-refractivity contribution in [1.82, 2.24) is 0 Å². The van der Waals surface area contributed by atoms with Gasteiger partial charge in [-0.1, -0.05) is 42.5 Å². The topological polar surface area (TPSA) is 29.5 Å². The Morgan fingerprint density at radius 1 is 1.00 bits per heavy atom. The number of benzene rings is 2. The third-order valence-corrected chi connectivity index (χ3v) is 4.11. The number of ether oxygens (including phenoxy) is 1. The van der Waals surface area contributed by atoms with E-state index in [1.165, 1.54) is 0 Å². The van der Waals surface area contributed by atoms with Crippen molar-refractivity contribution in [1.29, 1.82) is 0 Å². The fourth-order valence-corrected chi connectivity index (χ4v) is 3.21. The predicted molar refractivity (Wildman–Crippen MR) is 76.8 cm³/mol. The lowest BCUT2D eigenvalue weighted by atomic mass is 9.98. The van der Waals surface area contributed by atoms with Gasteiger partial charge in [-0.2, -0.15) is 0 Å². The molecule has 2 aliphatic rings. The lowest BCUT2D eigenvalue weighted by Crippen LogP contribution is -2.42. The number of anilines is 1. The molecule has 2 aromatic carbocycles. The minimum atomic E-state index is -0.0717. The van der Waals surface area contributed by atoms with E-state index in [4.69, 9.17) is 4.74 Å². The first kappa shape index (κ1) is 11.5. The van der Waals surface area contributed by atoms with Crippen LogP contribution in [0.5, 0.6) is 5.75 Å². The van der Waals surface area contributed by atoms with Crippen molar-refractivity contribution in [2.24, 2.45) is 0 Å². The smallest absolute Gasteiger partial charge is 0.227 e. The Bertz CT molecular complexity index is 653. The molecule has 100 valence electrons. The molecule has 3 nitrogen and oxygen atoms in total. The molecule has 20 heavy (non-hydrogen) atoms. The molecule has 0 saturated carbocycles. The van der Waals surface area contributed by atoms with Gasteiger partial charge >= 0.3 is 0 Å². The monoisotopic (exact) mass is 265 g/mol. The number of rotatable bonds is 1. The maximum absolute atomic E-state index is 12.2.